The Balaban J connectivity index is 1.72. The maximum absolute atomic E-state index is 13.9. The fraction of sp³-hybridized carbons (Fsp3) is 0.500. The number of nitrogens with one attached hydrogen (secondary N) is 1. The number of amides is 1. The first kappa shape index (κ1) is 27.0. The number of benzene rings is 2. The molecule has 0 radical (unpaired) electrons. The van der Waals surface area contributed by atoms with Crippen LogP contribution in [0.15, 0.2) is 42.5 Å². The zero-order valence-electron chi connectivity index (χ0n) is 21.1. The molecular weight excluding hydrogens is 485 g/mol. The lowest BCUT2D eigenvalue weighted by Crippen LogP contribution is -2.49. The van der Waals surface area contributed by atoms with Crippen molar-refractivity contribution in [3.8, 4) is 11.5 Å². The quantitative estimate of drug-likeness (QED) is 0.462. The molecule has 1 heterocycles. The van der Waals surface area contributed by atoms with Crippen LogP contribution in [0.5, 0.6) is 11.5 Å². The van der Waals surface area contributed by atoms with E-state index in [1.807, 2.05) is 0 Å². The van der Waals surface area contributed by atoms with Crippen LogP contribution in [-0.4, -0.2) is 38.1 Å². The molecule has 200 valence electrons. The molecule has 1 saturated heterocycles. The number of anilines is 1. The third kappa shape index (κ3) is 6.26. The number of carbonyl (C=O) groups is 2. The molecular formula is C28H33F3N2O4. The highest BCUT2D eigenvalue weighted by Gasteiger charge is 2.36. The number of carbonyl (C=O) groups excluding carboxylic acids is 2. The number of para-hydroxylation sites is 1. The molecule has 9 heteroatoms. The molecule has 2 aromatic rings. The fourth-order valence-corrected chi connectivity index (χ4v) is 5.24. The second kappa shape index (κ2) is 11.5. The normalized spacial score (nSPS) is 20.8. The number of halogens is 3. The average molecular weight is 519 g/mol. The Bertz CT molecular complexity index is 1110. The van der Waals surface area contributed by atoms with Crippen molar-refractivity contribution in [3.63, 3.8) is 0 Å². The van der Waals surface area contributed by atoms with Gasteiger partial charge in [-0.3, -0.25) is 4.79 Å². The number of alkyl halides is 3. The van der Waals surface area contributed by atoms with Gasteiger partial charge in [0.2, 0.25) is 5.91 Å². The highest BCUT2D eigenvalue weighted by molar-refractivity contribution is 6.04. The van der Waals surface area contributed by atoms with Gasteiger partial charge in [0.05, 0.1) is 23.9 Å². The van der Waals surface area contributed by atoms with Crippen molar-refractivity contribution in [1.82, 2.24) is 5.32 Å². The first-order valence-electron chi connectivity index (χ1n) is 12.8. The summed E-state index contributed by atoms with van der Waals surface area (Å²) < 4.78 is 51.0. The van der Waals surface area contributed by atoms with Crippen LogP contribution >= 0.6 is 0 Å². The Morgan fingerprint density at radius 3 is 2.30 bits per heavy atom. The minimum absolute atomic E-state index is 0.0139. The first-order valence-corrected chi connectivity index (χ1v) is 12.8. The minimum atomic E-state index is -4.60. The number of methoxy groups -OCH3 is 1. The highest BCUT2D eigenvalue weighted by atomic mass is 19.4. The molecule has 0 bridgehead atoms. The van der Waals surface area contributed by atoms with E-state index in [0.29, 0.717) is 11.6 Å². The van der Waals surface area contributed by atoms with Gasteiger partial charge in [0.1, 0.15) is 11.5 Å². The van der Waals surface area contributed by atoms with Gasteiger partial charge in [0.15, 0.2) is 0 Å². The van der Waals surface area contributed by atoms with Gasteiger partial charge in [-0.25, -0.2) is 4.79 Å². The number of nitrogens with zero attached hydrogens (tertiary/aromatic N) is 1. The highest BCUT2D eigenvalue weighted by Crippen LogP contribution is 2.40. The number of piperidine rings is 1. The van der Waals surface area contributed by atoms with E-state index in [-0.39, 0.29) is 34.9 Å². The van der Waals surface area contributed by atoms with E-state index in [1.54, 1.807) is 11.0 Å². The summed E-state index contributed by atoms with van der Waals surface area (Å²) in [7, 11) is 1.23. The van der Waals surface area contributed by atoms with Crippen molar-refractivity contribution in [2.24, 2.45) is 11.8 Å². The van der Waals surface area contributed by atoms with Crippen LogP contribution < -0.4 is 15.0 Å². The van der Waals surface area contributed by atoms with E-state index in [0.717, 1.165) is 57.7 Å². The average Bonchev–Trinajstić information content (AvgIpc) is 2.89. The van der Waals surface area contributed by atoms with Crippen molar-refractivity contribution in [3.05, 3.63) is 53.6 Å². The molecule has 1 N–H and O–H groups in total. The lowest BCUT2D eigenvalue weighted by Gasteiger charge is -2.39. The molecule has 0 unspecified atom stereocenters. The lowest BCUT2D eigenvalue weighted by molar-refractivity contribution is -0.138. The summed E-state index contributed by atoms with van der Waals surface area (Å²) in [6.45, 7) is 3.69. The molecule has 6 nitrogen and oxygen atoms in total. The van der Waals surface area contributed by atoms with Crippen LogP contribution in [0.4, 0.5) is 18.9 Å². The lowest BCUT2D eigenvalue weighted by atomic mass is 9.81. The van der Waals surface area contributed by atoms with E-state index in [2.05, 4.69) is 12.2 Å². The number of hydrogen-bond acceptors (Lipinski definition) is 5. The Morgan fingerprint density at radius 2 is 1.65 bits per heavy atom. The monoisotopic (exact) mass is 518 g/mol. The van der Waals surface area contributed by atoms with E-state index in [4.69, 9.17) is 9.47 Å². The fourth-order valence-electron chi connectivity index (χ4n) is 5.24. The van der Waals surface area contributed by atoms with Gasteiger partial charge in [-0.2, -0.15) is 13.2 Å². The molecule has 1 aliphatic carbocycles. The van der Waals surface area contributed by atoms with Crippen LogP contribution in [0.3, 0.4) is 0 Å². The summed E-state index contributed by atoms with van der Waals surface area (Å²) in [5.41, 5.74) is -0.434. The van der Waals surface area contributed by atoms with Crippen LogP contribution in [-0.2, 0) is 15.7 Å². The smallest absolute Gasteiger partial charge is 0.419 e. The minimum Gasteiger partial charge on any atom is -0.465 e. The van der Waals surface area contributed by atoms with E-state index in [9.17, 15) is 22.8 Å². The third-order valence-electron chi connectivity index (χ3n) is 7.33. The van der Waals surface area contributed by atoms with Gasteiger partial charge >= 0.3 is 12.1 Å². The number of rotatable bonds is 6. The summed E-state index contributed by atoms with van der Waals surface area (Å²) in [5, 5.41) is 3.31. The van der Waals surface area contributed by atoms with Crippen LogP contribution in [0, 0.1) is 11.8 Å². The van der Waals surface area contributed by atoms with Crippen molar-refractivity contribution in [1.29, 1.82) is 0 Å². The van der Waals surface area contributed by atoms with Crippen LogP contribution in [0.1, 0.15) is 61.4 Å². The zero-order valence-corrected chi connectivity index (χ0v) is 21.1. The Kier molecular flexibility index (Phi) is 8.42. The molecule has 2 fully saturated rings. The van der Waals surface area contributed by atoms with Crippen molar-refractivity contribution in [2.75, 3.05) is 25.1 Å². The SMILES string of the molecule is COC(=O)c1cc(Oc2ccccc2C(F)(F)F)ccc1N(C(=O)C1CCC(C)CC1)C1CCNCC1. The summed E-state index contributed by atoms with van der Waals surface area (Å²) in [6.07, 6.45) is 0.406. The number of esters is 1. The molecule has 37 heavy (non-hydrogen) atoms. The Hall–Kier alpha value is -3.07. The van der Waals surface area contributed by atoms with Gasteiger partial charge in [0, 0.05) is 12.0 Å². The summed E-state index contributed by atoms with van der Waals surface area (Å²) in [4.78, 5) is 28.5. The molecule has 0 atom stereocenters. The third-order valence-corrected chi connectivity index (χ3v) is 7.33. The molecule has 2 aromatic carbocycles. The predicted octanol–water partition coefficient (Wildman–Crippen LogP) is 6.20. The molecule has 1 aliphatic heterocycles. The zero-order chi connectivity index (χ0) is 26.6. The topological polar surface area (TPSA) is 67.9 Å². The van der Waals surface area contributed by atoms with E-state index < -0.39 is 17.7 Å². The molecule has 0 spiro atoms. The maximum atomic E-state index is 13.9. The van der Waals surface area contributed by atoms with Crippen molar-refractivity contribution >= 4 is 17.6 Å². The molecule has 1 amide bonds. The maximum Gasteiger partial charge on any atom is 0.419 e. The van der Waals surface area contributed by atoms with Gasteiger partial charge in [-0.05, 0) is 87.9 Å². The van der Waals surface area contributed by atoms with Gasteiger partial charge in [0.25, 0.3) is 0 Å². The molecule has 1 saturated carbocycles. The van der Waals surface area contributed by atoms with Gasteiger partial charge < -0.3 is 19.7 Å². The summed E-state index contributed by atoms with van der Waals surface area (Å²) in [5.74, 6) is -0.580. The van der Waals surface area contributed by atoms with Crippen LogP contribution in [0.25, 0.3) is 0 Å². The largest absolute Gasteiger partial charge is 0.465 e. The summed E-state index contributed by atoms with van der Waals surface area (Å²) in [6, 6.07) is 9.24. The van der Waals surface area contributed by atoms with Gasteiger partial charge in [-0.15, -0.1) is 0 Å². The Morgan fingerprint density at radius 1 is 0.973 bits per heavy atom. The molecule has 0 aromatic heterocycles. The number of hydrogen-bond donors (Lipinski definition) is 1. The van der Waals surface area contributed by atoms with E-state index >= 15 is 0 Å². The first-order chi connectivity index (χ1) is 17.7. The van der Waals surface area contributed by atoms with Crippen molar-refractivity contribution < 1.29 is 32.2 Å². The molecule has 4 rings (SSSR count). The Labute approximate surface area is 215 Å². The van der Waals surface area contributed by atoms with Crippen molar-refractivity contribution in [2.45, 2.75) is 57.7 Å². The number of ether oxygens (including phenoxy) is 2. The second-order valence-corrected chi connectivity index (χ2v) is 9.91. The van der Waals surface area contributed by atoms with Gasteiger partial charge in [-0.1, -0.05) is 19.1 Å². The second-order valence-electron chi connectivity index (χ2n) is 9.91. The molecule has 2 aliphatic rings. The summed E-state index contributed by atoms with van der Waals surface area (Å²) >= 11 is 0. The standard InChI is InChI=1S/C28H33F3N2O4/c1-18-7-9-19(10-8-18)26(34)33(20-13-15-32-16-14-20)24-12-11-21(17-22(24)27(35)36-2)37-25-6-4-3-5-23(25)28(29,30)31/h3-6,11-12,17-20,32H,7-10,13-16H2,1-2H3. The predicted molar refractivity (Wildman–Crippen MR) is 134 cm³/mol. The van der Waals surface area contributed by atoms with Crippen LogP contribution in [0.2, 0.25) is 0 Å². The van der Waals surface area contributed by atoms with E-state index in [1.165, 1.54) is 37.4 Å².